The molecule has 1 N–H and O–H groups in total. The lowest BCUT2D eigenvalue weighted by molar-refractivity contribution is 0.176. The fourth-order valence-corrected chi connectivity index (χ4v) is 3.37. The first kappa shape index (κ1) is 12.4. The molecule has 2 aliphatic rings. The van der Waals surface area contributed by atoms with Crippen LogP contribution in [0, 0.1) is 17.3 Å². The molecule has 0 radical (unpaired) electrons. The average Bonchev–Trinajstić information content (AvgIpc) is 2.88. The van der Waals surface area contributed by atoms with E-state index in [-0.39, 0.29) is 0 Å². The van der Waals surface area contributed by atoms with Gasteiger partial charge in [-0.2, -0.15) is 0 Å². The van der Waals surface area contributed by atoms with Crippen LogP contribution in [0.1, 0.15) is 40.0 Å². The van der Waals surface area contributed by atoms with Crippen molar-refractivity contribution in [3.05, 3.63) is 0 Å². The smallest absolute Gasteiger partial charge is 0.00506 e. The van der Waals surface area contributed by atoms with Gasteiger partial charge in [0, 0.05) is 19.6 Å². The molecule has 0 bridgehead atoms. The van der Waals surface area contributed by atoms with E-state index in [1.54, 1.807) is 0 Å². The standard InChI is InChI=1S/C14H28N2/c1-4-14(6-7-15-10-14)11-16-8-5-13(9-16)12(2)3/h12-13,15H,4-11H2,1-3H3. The maximum absolute atomic E-state index is 3.55. The minimum atomic E-state index is 0.589. The number of hydrogen-bond acceptors (Lipinski definition) is 2. The molecule has 0 aromatic heterocycles. The number of hydrogen-bond donors (Lipinski definition) is 1. The summed E-state index contributed by atoms with van der Waals surface area (Å²) in [7, 11) is 0. The Bertz CT molecular complexity index is 219. The van der Waals surface area contributed by atoms with Crippen LogP contribution < -0.4 is 5.32 Å². The number of rotatable bonds is 4. The molecule has 94 valence electrons. The van der Waals surface area contributed by atoms with Gasteiger partial charge in [-0.05, 0) is 49.6 Å². The van der Waals surface area contributed by atoms with Crippen LogP contribution in [0.4, 0.5) is 0 Å². The van der Waals surface area contributed by atoms with Crippen molar-refractivity contribution >= 4 is 0 Å². The summed E-state index contributed by atoms with van der Waals surface area (Å²) in [5.74, 6) is 1.81. The highest BCUT2D eigenvalue weighted by Crippen LogP contribution is 2.33. The van der Waals surface area contributed by atoms with Gasteiger partial charge < -0.3 is 10.2 Å². The Morgan fingerprint density at radius 1 is 1.44 bits per heavy atom. The Hall–Kier alpha value is -0.0800. The number of nitrogens with one attached hydrogen (secondary N) is 1. The zero-order chi connectivity index (χ0) is 11.6. The quantitative estimate of drug-likeness (QED) is 0.788. The van der Waals surface area contributed by atoms with E-state index >= 15 is 0 Å². The Balaban J connectivity index is 1.86. The minimum absolute atomic E-state index is 0.589. The van der Waals surface area contributed by atoms with E-state index in [0.29, 0.717) is 5.41 Å². The van der Waals surface area contributed by atoms with Gasteiger partial charge in [-0.1, -0.05) is 20.8 Å². The molecule has 0 spiro atoms. The van der Waals surface area contributed by atoms with Crippen molar-refractivity contribution in [2.75, 3.05) is 32.7 Å². The summed E-state index contributed by atoms with van der Waals surface area (Å²) < 4.78 is 0. The van der Waals surface area contributed by atoms with Gasteiger partial charge in [0.2, 0.25) is 0 Å². The molecular formula is C14H28N2. The van der Waals surface area contributed by atoms with Crippen LogP contribution in [0.2, 0.25) is 0 Å². The minimum Gasteiger partial charge on any atom is -0.316 e. The predicted octanol–water partition coefficient (Wildman–Crippen LogP) is 2.35. The molecule has 0 aromatic carbocycles. The number of likely N-dealkylation sites (tertiary alicyclic amines) is 1. The van der Waals surface area contributed by atoms with Crippen LogP contribution in [0.25, 0.3) is 0 Å². The number of nitrogens with zero attached hydrogens (tertiary/aromatic N) is 1. The summed E-state index contributed by atoms with van der Waals surface area (Å²) in [4.78, 5) is 2.72. The molecule has 0 saturated carbocycles. The molecule has 2 fully saturated rings. The van der Waals surface area contributed by atoms with Crippen molar-refractivity contribution < 1.29 is 0 Å². The Morgan fingerprint density at radius 3 is 2.75 bits per heavy atom. The van der Waals surface area contributed by atoms with Crippen LogP contribution in [0.3, 0.4) is 0 Å². The van der Waals surface area contributed by atoms with E-state index in [0.717, 1.165) is 11.8 Å². The normalized spacial score (nSPS) is 36.4. The van der Waals surface area contributed by atoms with E-state index < -0.39 is 0 Å². The fourth-order valence-electron chi connectivity index (χ4n) is 3.37. The predicted molar refractivity (Wildman–Crippen MR) is 69.6 cm³/mol. The molecular weight excluding hydrogens is 196 g/mol. The summed E-state index contributed by atoms with van der Waals surface area (Å²) >= 11 is 0. The largest absolute Gasteiger partial charge is 0.316 e. The van der Waals surface area contributed by atoms with Crippen LogP contribution in [0.15, 0.2) is 0 Å². The Morgan fingerprint density at radius 2 is 2.25 bits per heavy atom. The zero-order valence-corrected chi connectivity index (χ0v) is 11.3. The fraction of sp³-hybridized carbons (Fsp3) is 1.00. The van der Waals surface area contributed by atoms with E-state index in [1.807, 2.05) is 0 Å². The van der Waals surface area contributed by atoms with Crippen LogP contribution in [-0.4, -0.2) is 37.6 Å². The van der Waals surface area contributed by atoms with Gasteiger partial charge in [0.1, 0.15) is 0 Å². The molecule has 0 aliphatic carbocycles. The summed E-state index contributed by atoms with van der Waals surface area (Å²) in [5.41, 5.74) is 0.589. The third-order valence-electron chi connectivity index (χ3n) is 4.89. The van der Waals surface area contributed by atoms with Crippen molar-refractivity contribution in [3.63, 3.8) is 0 Å². The highest BCUT2D eigenvalue weighted by molar-refractivity contribution is 4.91. The van der Waals surface area contributed by atoms with Crippen LogP contribution in [0.5, 0.6) is 0 Å². The Labute approximate surface area is 101 Å². The average molecular weight is 224 g/mol. The Kier molecular flexibility index (Phi) is 3.91. The van der Waals surface area contributed by atoms with Crippen molar-refractivity contribution in [1.29, 1.82) is 0 Å². The molecule has 2 unspecified atom stereocenters. The van der Waals surface area contributed by atoms with E-state index in [1.165, 1.54) is 52.0 Å². The van der Waals surface area contributed by atoms with Gasteiger partial charge in [-0.3, -0.25) is 0 Å². The molecule has 2 atom stereocenters. The van der Waals surface area contributed by atoms with Crippen LogP contribution >= 0.6 is 0 Å². The van der Waals surface area contributed by atoms with Gasteiger partial charge in [0.15, 0.2) is 0 Å². The third-order valence-corrected chi connectivity index (χ3v) is 4.89. The molecule has 16 heavy (non-hydrogen) atoms. The highest BCUT2D eigenvalue weighted by atomic mass is 15.2. The van der Waals surface area contributed by atoms with Crippen LogP contribution in [-0.2, 0) is 0 Å². The first-order valence-electron chi connectivity index (χ1n) is 7.08. The van der Waals surface area contributed by atoms with E-state index in [4.69, 9.17) is 0 Å². The molecule has 2 heteroatoms. The maximum atomic E-state index is 3.55. The lowest BCUT2D eigenvalue weighted by Crippen LogP contribution is -2.38. The molecule has 2 rings (SSSR count). The molecule has 0 aromatic rings. The van der Waals surface area contributed by atoms with Crippen molar-refractivity contribution in [2.45, 2.75) is 40.0 Å². The highest BCUT2D eigenvalue weighted by Gasteiger charge is 2.36. The summed E-state index contributed by atoms with van der Waals surface area (Å²) in [6, 6.07) is 0. The monoisotopic (exact) mass is 224 g/mol. The topological polar surface area (TPSA) is 15.3 Å². The molecule has 0 amide bonds. The van der Waals surface area contributed by atoms with Gasteiger partial charge in [0.05, 0.1) is 0 Å². The van der Waals surface area contributed by atoms with Crippen molar-refractivity contribution in [3.8, 4) is 0 Å². The first-order chi connectivity index (χ1) is 7.65. The summed E-state index contributed by atoms with van der Waals surface area (Å²) in [6.45, 7) is 13.6. The summed E-state index contributed by atoms with van der Waals surface area (Å²) in [5, 5.41) is 3.55. The van der Waals surface area contributed by atoms with E-state index in [2.05, 4.69) is 31.0 Å². The SMILES string of the molecule is CCC1(CN2CCC(C(C)C)C2)CCNC1. The van der Waals surface area contributed by atoms with Gasteiger partial charge in [-0.15, -0.1) is 0 Å². The second-order valence-corrected chi connectivity index (χ2v) is 6.31. The second-order valence-electron chi connectivity index (χ2n) is 6.31. The summed E-state index contributed by atoms with van der Waals surface area (Å²) in [6.07, 6.45) is 4.14. The molecule has 2 aliphatic heterocycles. The third kappa shape index (κ3) is 2.60. The second kappa shape index (κ2) is 5.05. The molecule has 2 heterocycles. The maximum Gasteiger partial charge on any atom is 0.00506 e. The molecule has 2 nitrogen and oxygen atoms in total. The van der Waals surface area contributed by atoms with Gasteiger partial charge in [-0.25, -0.2) is 0 Å². The molecule has 2 saturated heterocycles. The van der Waals surface area contributed by atoms with Crippen molar-refractivity contribution in [1.82, 2.24) is 10.2 Å². The lowest BCUT2D eigenvalue weighted by Gasteiger charge is -2.32. The lowest BCUT2D eigenvalue weighted by atomic mass is 9.84. The first-order valence-corrected chi connectivity index (χ1v) is 7.08. The van der Waals surface area contributed by atoms with Crippen molar-refractivity contribution in [2.24, 2.45) is 17.3 Å². The van der Waals surface area contributed by atoms with E-state index in [9.17, 15) is 0 Å². The van der Waals surface area contributed by atoms with Gasteiger partial charge >= 0.3 is 0 Å². The van der Waals surface area contributed by atoms with Gasteiger partial charge in [0.25, 0.3) is 0 Å². The zero-order valence-electron chi connectivity index (χ0n) is 11.3.